The third-order valence-corrected chi connectivity index (χ3v) is 5.86. The second kappa shape index (κ2) is 7.19. The van der Waals surface area contributed by atoms with Crippen LogP contribution in [0.2, 0.25) is 0 Å². The van der Waals surface area contributed by atoms with Crippen molar-refractivity contribution in [1.29, 1.82) is 0 Å². The van der Waals surface area contributed by atoms with Crippen molar-refractivity contribution in [2.75, 3.05) is 12.4 Å². The molecule has 1 heterocycles. The van der Waals surface area contributed by atoms with Crippen LogP contribution in [-0.4, -0.2) is 33.5 Å². The Hall–Kier alpha value is -2.86. The Labute approximate surface area is 170 Å². The minimum atomic E-state index is -0.653. The molecular formula is C23H27N3O3. The topological polar surface area (TPSA) is 76.4 Å². The lowest BCUT2D eigenvalue weighted by atomic mass is 9.71. The summed E-state index contributed by atoms with van der Waals surface area (Å²) >= 11 is 0. The van der Waals surface area contributed by atoms with E-state index in [-0.39, 0.29) is 11.9 Å². The monoisotopic (exact) mass is 393 g/mol. The molecule has 1 aromatic heterocycles. The van der Waals surface area contributed by atoms with Gasteiger partial charge in [0.2, 0.25) is 0 Å². The number of carbonyl (C=O) groups excluding carboxylic acids is 1. The number of nitrogens with one attached hydrogen (secondary N) is 1. The standard InChI is InChI=1S/C23H27N3O3/c1-14-6-5-7-15(8-14)22(27)24-20-9-16-13-26(25-19(16)12-21(20)29-4)18-10-17(11-18)23(2,3)28/h5-9,12-13,17-18,28H,10-11H2,1-4H3,(H,24,27). The summed E-state index contributed by atoms with van der Waals surface area (Å²) in [6, 6.07) is 11.5. The fourth-order valence-corrected chi connectivity index (χ4v) is 3.89. The van der Waals surface area contributed by atoms with Crippen LogP contribution < -0.4 is 10.1 Å². The van der Waals surface area contributed by atoms with Crippen molar-refractivity contribution in [1.82, 2.24) is 9.78 Å². The van der Waals surface area contributed by atoms with Gasteiger partial charge in [-0.05, 0) is 57.7 Å². The summed E-state index contributed by atoms with van der Waals surface area (Å²) in [5.41, 5.74) is 2.43. The molecule has 0 aliphatic heterocycles. The minimum absolute atomic E-state index is 0.175. The summed E-state index contributed by atoms with van der Waals surface area (Å²) in [6.45, 7) is 5.68. The first-order chi connectivity index (χ1) is 13.7. The van der Waals surface area contributed by atoms with E-state index in [0.717, 1.165) is 29.3 Å². The molecule has 0 unspecified atom stereocenters. The van der Waals surface area contributed by atoms with Crippen molar-refractivity contribution in [2.45, 2.75) is 45.3 Å². The molecule has 1 fully saturated rings. The normalized spacial score (nSPS) is 19.1. The van der Waals surface area contributed by atoms with Crippen LogP contribution in [0.15, 0.2) is 42.6 Å². The zero-order valence-electron chi connectivity index (χ0n) is 17.3. The highest BCUT2D eigenvalue weighted by atomic mass is 16.5. The molecule has 0 bridgehead atoms. The Morgan fingerprint density at radius 3 is 2.69 bits per heavy atom. The summed E-state index contributed by atoms with van der Waals surface area (Å²) in [5.74, 6) is 0.691. The van der Waals surface area contributed by atoms with E-state index in [2.05, 4.69) is 5.32 Å². The number of aliphatic hydroxyl groups is 1. The molecule has 0 atom stereocenters. The number of aromatic nitrogens is 2. The average Bonchev–Trinajstić information content (AvgIpc) is 3.00. The van der Waals surface area contributed by atoms with E-state index >= 15 is 0 Å². The molecule has 0 radical (unpaired) electrons. The third-order valence-electron chi connectivity index (χ3n) is 5.86. The summed E-state index contributed by atoms with van der Waals surface area (Å²) in [5, 5.41) is 18.7. The molecule has 1 amide bonds. The molecule has 0 saturated heterocycles. The number of fused-ring (bicyclic) bond motifs is 1. The highest BCUT2D eigenvalue weighted by molar-refractivity contribution is 6.06. The summed E-state index contributed by atoms with van der Waals surface area (Å²) < 4.78 is 7.46. The van der Waals surface area contributed by atoms with E-state index < -0.39 is 5.60 Å². The van der Waals surface area contributed by atoms with Crippen molar-refractivity contribution in [3.05, 3.63) is 53.7 Å². The second-order valence-corrected chi connectivity index (χ2v) is 8.52. The number of benzene rings is 2. The molecule has 1 aliphatic rings. The number of hydrogen-bond acceptors (Lipinski definition) is 4. The largest absolute Gasteiger partial charge is 0.494 e. The number of carbonyl (C=O) groups is 1. The van der Waals surface area contributed by atoms with E-state index in [1.807, 2.05) is 62.0 Å². The summed E-state index contributed by atoms with van der Waals surface area (Å²) in [4.78, 5) is 12.7. The van der Waals surface area contributed by atoms with Crippen molar-refractivity contribution in [3.63, 3.8) is 0 Å². The number of amides is 1. The molecule has 2 N–H and O–H groups in total. The van der Waals surface area contributed by atoms with Gasteiger partial charge in [0.05, 0.1) is 30.0 Å². The Balaban J connectivity index is 1.58. The number of methoxy groups -OCH3 is 1. The maximum Gasteiger partial charge on any atom is 0.255 e. The molecule has 6 heteroatoms. The fourth-order valence-electron chi connectivity index (χ4n) is 3.89. The number of ether oxygens (including phenoxy) is 1. The lowest BCUT2D eigenvalue weighted by Gasteiger charge is -2.42. The zero-order valence-corrected chi connectivity index (χ0v) is 17.3. The first-order valence-corrected chi connectivity index (χ1v) is 9.92. The van der Waals surface area contributed by atoms with Crippen LogP contribution in [0.1, 0.15) is 48.7 Å². The van der Waals surface area contributed by atoms with Crippen LogP contribution in [-0.2, 0) is 0 Å². The molecular weight excluding hydrogens is 366 g/mol. The van der Waals surface area contributed by atoms with Crippen molar-refractivity contribution >= 4 is 22.5 Å². The van der Waals surface area contributed by atoms with Gasteiger partial charge in [-0.15, -0.1) is 0 Å². The Bertz CT molecular complexity index is 1060. The second-order valence-electron chi connectivity index (χ2n) is 8.52. The number of rotatable bonds is 5. The van der Waals surface area contributed by atoms with Gasteiger partial charge >= 0.3 is 0 Å². The highest BCUT2D eigenvalue weighted by Crippen LogP contribution is 2.44. The van der Waals surface area contributed by atoms with Crippen molar-refractivity contribution in [2.24, 2.45) is 5.92 Å². The molecule has 29 heavy (non-hydrogen) atoms. The van der Waals surface area contributed by atoms with E-state index in [1.54, 1.807) is 13.2 Å². The summed E-state index contributed by atoms with van der Waals surface area (Å²) in [7, 11) is 1.58. The maximum atomic E-state index is 12.7. The van der Waals surface area contributed by atoms with Crippen LogP contribution in [0.5, 0.6) is 5.75 Å². The van der Waals surface area contributed by atoms with E-state index in [0.29, 0.717) is 22.9 Å². The van der Waals surface area contributed by atoms with Crippen molar-refractivity contribution < 1.29 is 14.6 Å². The smallest absolute Gasteiger partial charge is 0.255 e. The Morgan fingerprint density at radius 1 is 1.28 bits per heavy atom. The minimum Gasteiger partial charge on any atom is -0.494 e. The SMILES string of the molecule is COc1cc2nn(C3CC(C(C)(C)O)C3)cc2cc1NC(=O)c1cccc(C)c1. The molecule has 0 spiro atoms. The van der Waals surface area contributed by atoms with Gasteiger partial charge in [-0.1, -0.05) is 17.7 Å². The van der Waals surface area contributed by atoms with E-state index in [1.165, 1.54) is 0 Å². The third kappa shape index (κ3) is 3.85. The number of anilines is 1. The van der Waals surface area contributed by atoms with E-state index in [4.69, 9.17) is 9.84 Å². The van der Waals surface area contributed by atoms with Gasteiger partial charge < -0.3 is 15.2 Å². The zero-order chi connectivity index (χ0) is 20.8. The molecule has 6 nitrogen and oxygen atoms in total. The summed E-state index contributed by atoms with van der Waals surface area (Å²) in [6.07, 6.45) is 3.82. The molecule has 3 aromatic rings. The van der Waals surface area contributed by atoms with Gasteiger partial charge in [0, 0.05) is 23.2 Å². The van der Waals surface area contributed by atoms with Gasteiger partial charge in [-0.25, -0.2) is 0 Å². The molecule has 4 rings (SSSR count). The predicted molar refractivity (Wildman–Crippen MR) is 113 cm³/mol. The van der Waals surface area contributed by atoms with Gasteiger partial charge in [0.15, 0.2) is 0 Å². The van der Waals surface area contributed by atoms with Crippen LogP contribution in [0, 0.1) is 12.8 Å². The molecule has 2 aromatic carbocycles. The quantitative estimate of drug-likeness (QED) is 0.677. The van der Waals surface area contributed by atoms with Crippen LogP contribution in [0.4, 0.5) is 5.69 Å². The number of nitrogens with zero attached hydrogens (tertiary/aromatic N) is 2. The van der Waals surface area contributed by atoms with Gasteiger partial charge in [-0.3, -0.25) is 9.48 Å². The fraction of sp³-hybridized carbons (Fsp3) is 0.391. The predicted octanol–water partition coefficient (Wildman–Crippen LogP) is 4.33. The van der Waals surface area contributed by atoms with Crippen LogP contribution in [0.25, 0.3) is 10.9 Å². The number of aryl methyl sites for hydroxylation is 1. The van der Waals surface area contributed by atoms with Crippen LogP contribution >= 0.6 is 0 Å². The molecule has 1 saturated carbocycles. The lowest BCUT2D eigenvalue weighted by Crippen LogP contribution is -2.41. The van der Waals surface area contributed by atoms with Gasteiger partial charge in [-0.2, -0.15) is 5.10 Å². The van der Waals surface area contributed by atoms with Gasteiger partial charge in [0.25, 0.3) is 5.91 Å². The van der Waals surface area contributed by atoms with Crippen molar-refractivity contribution in [3.8, 4) is 5.75 Å². The first kappa shape index (κ1) is 19.5. The highest BCUT2D eigenvalue weighted by Gasteiger charge is 2.40. The van der Waals surface area contributed by atoms with Gasteiger partial charge in [0.1, 0.15) is 5.75 Å². The molecule has 1 aliphatic carbocycles. The first-order valence-electron chi connectivity index (χ1n) is 9.92. The maximum absolute atomic E-state index is 12.7. The number of hydrogen-bond donors (Lipinski definition) is 2. The lowest BCUT2D eigenvalue weighted by molar-refractivity contribution is -0.0412. The van der Waals surface area contributed by atoms with E-state index in [9.17, 15) is 9.90 Å². The van der Waals surface area contributed by atoms with Crippen LogP contribution in [0.3, 0.4) is 0 Å². The Morgan fingerprint density at radius 2 is 2.03 bits per heavy atom. The Kier molecular flexibility index (Phi) is 4.82. The molecule has 152 valence electrons. The average molecular weight is 393 g/mol.